The Bertz CT molecular complexity index is 1080. The first-order valence-corrected chi connectivity index (χ1v) is 12.0. The van der Waals surface area contributed by atoms with Crippen LogP contribution in [0.4, 0.5) is 25.6 Å². The summed E-state index contributed by atoms with van der Waals surface area (Å²) in [6, 6.07) is 7.93. The highest BCUT2D eigenvalue weighted by Gasteiger charge is 2.33. The minimum Gasteiger partial charge on any atom is -0.442 e. The summed E-state index contributed by atoms with van der Waals surface area (Å²) in [7, 11) is 0. The SMILES string of the molecule is O=C(CCl)NC[C@H]1CN(c2ccc(N3CCN(Cc4ccc([N+](=O)[O-])s4)CC3)c(F)c2)C(=O)O1. The summed E-state index contributed by atoms with van der Waals surface area (Å²) in [5, 5.41) is 13.6. The quantitative estimate of drug-likeness (QED) is 0.330. The van der Waals surface area contributed by atoms with Crippen molar-refractivity contribution < 1.29 is 23.6 Å². The summed E-state index contributed by atoms with van der Waals surface area (Å²) >= 11 is 6.61. The van der Waals surface area contributed by atoms with Gasteiger partial charge in [-0.25, -0.2) is 9.18 Å². The Hall–Kier alpha value is -2.96. The van der Waals surface area contributed by atoms with Crippen LogP contribution in [0.15, 0.2) is 30.3 Å². The molecule has 2 aliphatic rings. The molecule has 0 saturated carbocycles. The van der Waals surface area contributed by atoms with Crippen LogP contribution in [0, 0.1) is 15.9 Å². The molecule has 2 fully saturated rings. The maximum absolute atomic E-state index is 15.0. The summed E-state index contributed by atoms with van der Waals surface area (Å²) in [5.41, 5.74) is 0.837. The Balaban J connectivity index is 1.32. The molecule has 2 aromatic rings. The number of hydrogen-bond acceptors (Lipinski definition) is 8. The first-order chi connectivity index (χ1) is 16.3. The van der Waals surface area contributed by atoms with Gasteiger partial charge in [0.05, 0.1) is 29.4 Å². The number of hydrogen-bond donors (Lipinski definition) is 1. The van der Waals surface area contributed by atoms with E-state index in [1.807, 2.05) is 4.90 Å². The number of benzene rings is 1. The second-order valence-electron chi connectivity index (χ2n) is 7.95. The minimum atomic E-state index is -0.597. The van der Waals surface area contributed by atoms with Crippen LogP contribution in [0.25, 0.3) is 0 Å². The van der Waals surface area contributed by atoms with E-state index in [-0.39, 0.29) is 34.8 Å². The number of alkyl halides is 1. The lowest BCUT2D eigenvalue weighted by Gasteiger charge is -2.36. The average molecular weight is 512 g/mol. The number of amides is 2. The van der Waals surface area contributed by atoms with Gasteiger partial charge in [0, 0.05) is 43.7 Å². The van der Waals surface area contributed by atoms with Crippen LogP contribution in [-0.2, 0) is 16.1 Å². The molecule has 0 bridgehead atoms. The maximum atomic E-state index is 15.0. The first-order valence-electron chi connectivity index (χ1n) is 10.6. The number of cyclic esters (lactones) is 1. The Morgan fingerprint density at radius 1 is 1.26 bits per heavy atom. The van der Waals surface area contributed by atoms with Crippen LogP contribution < -0.4 is 15.1 Å². The molecule has 34 heavy (non-hydrogen) atoms. The van der Waals surface area contributed by atoms with Gasteiger partial charge in [-0.05, 0) is 24.3 Å². The van der Waals surface area contributed by atoms with Gasteiger partial charge in [-0.15, -0.1) is 11.6 Å². The Kier molecular flexibility index (Phi) is 7.49. The van der Waals surface area contributed by atoms with E-state index in [0.29, 0.717) is 44.1 Å². The zero-order chi connectivity index (χ0) is 24.2. The zero-order valence-electron chi connectivity index (χ0n) is 18.1. The minimum absolute atomic E-state index is 0.129. The highest BCUT2D eigenvalue weighted by atomic mass is 35.5. The predicted molar refractivity (Wildman–Crippen MR) is 126 cm³/mol. The van der Waals surface area contributed by atoms with Crippen LogP contribution in [0.1, 0.15) is 4.88 Å². The molecule has 3 heterocycles. The van der Waals surface area contributed by atoms with E-state index in [4.69, 9.17) is 16.3 Å². The number of nitrogens with one attached hydrogen (secondary N) is 1. The van der Waals surface area contributed by atoms with Gasteiger partial charge in [-0.3, -0.25) is 24.7 Å². The highest BCUT2D eigenvalue weighted by Crippen LogP contribution is 2.29. The molecule has 0 radical (unpaired) electrons. The molecule has 1 aromatic carbocycles. The van der Waals surface area contributed by atoms with Crippen molar-refractivity contribution in [3.8, 4) is 0 Å². The van der Waals surface area contributed by atoms with Gasteiger partial charge in [0.25, 0.3) is 0 Å². The highest BCUT2D eigenvalue weighted by molar-refractivity contribution is 7.15. The van der Waals surface area contributed by atoms with E-state index >= 15 is 0 Å². The third kappa shape index (κ3) is 5.57. The maximum Gasteiger partial charge on any atom is 0.414 e. The number of nitro groups is 1. The van der Waals surface area contributed by atoms with Gasteiger partial charge in [0.2, 0.25) is 5.91 Å². The fraction of sp³-hybridized carbons (Fsp3) is 0.429. The molecule has 0 aliphatic carbocycles. The van der Waals surface area contributed by atoms with E-state index in [1.54, 1.807) is 18.2 Å². The normalized spacial score (nSPS) is 18.8. The van der Waals surface area contributed by atoms with E-state index < -0.39 is 18.0 Å². The van der Waals surface area contributed by atoms with Crippen molar-refractivity contribution in [2.75, 3.05) is 54.9 Å². The molecule has 0 spiro atoms. The number of halogens is 2. The van der Waals surface area contributed by atoms with E-state index in [0.717, 1.165) is 4.88 Å². The smallest absolute Gasteiger partial charge is 0.414 e. The second-order valence-corrected chi connectivity index (χ2v) is 9.36. The first kappa shape index (κ1) is 24.2. The van der Waals surface area contributed by atoms with Crippen molar-refractivity contribution in [3.05, 3.63) is 51.1 Å². The topological polar surface area (TPSA) is 108 Å². The number of piperazine rings is 1. The van der Waals surface area contributed by atoms with Crippen molar-refractivity contribution in [3.63, 3.8) is 0 Å². The second kappa shape index (κ2) is 10.5. The molecule has 13 heteroatoms. The average Bonchev–Trinajstić information content (AvgIpc) is 3.44. The van der Waals surface area contributed by atoms with Crippen LogP contribution in [0.2, 0.25) is 0 Å². The fourth-order valence-corrected chi connectivity index (χ4v) is 4.91. The number of rotatable bonds is 8. The van der Waals surface area contributed by atoms with Gasteiger partial charge < -0.3 is 15.0 Å². The number of ether oxygens (including phenoxy) is 1. The number of carbonyl (C=O) groups excluding carboxylic acids is 2. The van der Waals surface area contributed by atoms with Crippen molar-refractivity contribution in [1.29, 1.82) is 0 Å². The van der Waals surface area contributed by atoms with E-state index in [9.17, 15) is 24.1 Å². The molecule has 2 aliphatic heterocycles. The van der Waals surface area contributed by atoms with Crippen LogP contribution in [0.5, 0.6) is 0 Å². The number of anilines is 2. The lowest BCUT2D eigenvalue weighted by atomic mass is 10.2. The van der Waals surface area contributed by atoms with E-state index in [2.05, 4.69) is 10.2 Å². The third-order valence-electron chi connectivity index (χ3n) is 5.69. The summed E-state index contributed by atoms with van der Waals surface area (Å²) in [6.07, 6.45) is -1.14. The van der Waals surface area contributed by atoms with Crippen molar-refractivity contribution in [2.24, 2.45) is 0 Å². The standard InChI is InChI=1S/C21H23ClFN5O5S/c22-10-19(29)24-11-15-12-27(21(30)33-15)14-1-3-18(17(23)9-14)26-7-5-25(6-8-26)13-16-2-4-20(34-16)28(31)32/h1-4,9,15H,5-8,10-13H2,(H,24,29)/t15-/m0/s1. The van der Waals surface area contributed by atoms with Gasteiger partial charge >= 0.3 is 11.1 Å². The molecular weight excluding hydrogens is 489 g/mol. The molecule has 10 nitrogen and oxygen atoms in total. The van der Waals surface area contributed by atoms with Crippen molar-refractivity contribution in [1.82, 2.24) is 10.2 Å². The summed E-state index contributed by atoms with van der Waals surface area (Å²) in [6.45, 7) is 3.56. The molecular formula is C21H23ClFN5O5S. The lowest BCUT2D eigenvalue weighted by molar-refractivity contribution is -0.380. The van der Waals surface area contributed by atoms with Crippen molar-refractivity contribution >= 4 is 51.3 Å². The summed E-state index contributed by atoms with van der Waals surface area (Å²) < 4.78 is 20.2. The number of nitrogens with zero attached hydrogens (tertiary/aromatic N) is 4. The largest absolute Gasteiger partial charge is 0.442 e. The van der Waals surface area contributed by atoms with Crippen LogP contribution in [-0.4, -0.2) is 73.1 Å². The molecule has 1 atom stereocenters. The van der Waals surface area contributed by atoms with Gasteiger partial charge in [-0.1, -0.05) is 11.3 Å². The van der Waals surface area contributed by atoms with Gasteiger partial charge in [0.15, 0.2) is 0 Å². The fourth-order valence-electron chi connectivity index (χ4n) is 3.95. The summed E-state index contributed by atoms with van der Waals surface area (Å²) in [5.74, 6) is -0.975. The molecule has 2 amide bonds. The molecule has 1 N–H and O–H groups in total. The predicted octanol–water partition coefficient (Wildman–Crippen LogP) is 2.80. The molecule has 0 unspecified atom stereocenters. The van der Waals surface area contributed by atoms with E-state index in [1.165, 1.54) is 28.4 Å². The summed E-state index contributed by atoms with van der Waals surface area (Å²) in [4.78, 5) is 40.4. The Morgan fingerprint density at radius 3 is 2.68 bits per heavy atom. The molecule has 182 valence electrons. The Labute approximate surface area is 204 Å². The van der Waals surface area contributed by atoms with Crippen molar-refractivity contribution in [2.45, 2.75) is 12.6 Å². The Morgan fingerprint density at radius 2 is 2.03 bits per heavy atom. The van der Waals surface area contributed by atoms with Gasteiger partial charge in [-0.2, -0.15) is 0 Å². The third-order valence-corrected chi connectivity index (χ3v) is 6.95. The molecule has 4 rings (SSSR count). The van der Waals surface area contributed by atoms with Crippen LogP contribution in [0.3, 0.4) is 0 Å². The number of thiophene rings is 1. The zero-order valence-corrected chi connectivity index (χ0v) is 19.7. The molecule has 2 saturated heterocycles. The van der Waals surface area contributed by atoms with Crippen LogP contribution >= 0.6 is 22.9 Å². The van der Waals surface area contributed by atoms with Gasteiger partial charge in [0.1, 0.15) is 17.8 Å². The number of carbonyl (C=O) groups is 2. The monoisotopic (exact) mass is 511 g/mol. The lowest BCUT2D eigenvalue weighted by Crippen LogP contribution is -2.46. The molecule has 1 aromatic heterocycles.